The summed E-state index contributed by atoms with van der Waals surface area (Å²) in [6.07, 6.45) is -2.69. The largest absolute Gasteiger partial charge is 0.478 e. The molecule has 1 heterocycles. The van der Waals surface area contributed by atoms with Crippen LogP contribution < -0.4 is 9.62 Å². The number of carbonyl (C=O) groups is 1. The van der Waals surface area contributed by atoms with Crippen molar-refractivity contribution in [2.45, 2.75) is 62.4 Å². The molecular formula is C36H34F3N3O4S. The van der Waals surface area contributed by atoms with Gasteiger partial charge in [0, 0.05) is 18.2 Å². The molecule has 7 nitrogen and oxygen atoms in total. The van der Waals surface area contributed by atoms with Gasteiger partial charge in [-0.3, -0.25) is 4.72 Å². The van der Waals surface area contributed by atoms with Crippen LogP contribution in [0.4, 0.5) is 35.9 Å². The lowest BCUT2D eigenvalue weighted by Crippen LogP contribution is -2.34. The third-order valence-electron chi connectivity index (χ3n) is 9.28. The van der Waals surface area contributed by atoms with E-state index >= 15 is 0 Å². The minimum absolute atomic E-state index is 0.0815. The van der Waals surface area contributed by atoms with Gasteiger partial charge in [-0.1, -0.05) is 45.9 Å². The highest BCUT2D eigenvalue weighted by atomic mass is 32.2. The topological polar surface area (TPSA) is 99.1 Å². The quantitative estimate of drug-likeness (QED) is 0.223. The summed E-state index contributed by atoms with van der Waals surface area (Å²) < 4.78 is 68.8. The molecule has 4 aromatic carbocycles. The molecule has 0 aromatic heterocycles. The smallest absolute Gasteiger partial charge is 0.416 e. The van der Waals surface area contributed by atoms with Crippen LogP contribution in [0.3, 0.4) is 0 Å². The van der Waals surface area contributed by atoms with E-state index in [1.54, 1.807) is 30.3 Å². The van der Waals surface area contributed by atoms with E-state index in [9.17, 15) is 31.5 Å². The van der Waals surface area contributed by atoms with Gasteiger partial charge in [-0.15, -0.1) is 0 Å². The maximum absolute atomic E-state index is 13.3. The molecule has 47 heavy (non-hydrogen) atoms. The van der Waals surface area contributed by atoms with Crippen molar-refractivity contribution in [2.75, 3.05) is 16.7 Å². The molecule has 0 amide bonds. The Labute approximate surface area is 271 Å². The summed E-state index contributed by atoms with van der Waals surface area (Å²) in [5, 5.41) is 9.50. The van der Waals surface area contributed by atoms with Gasteiger partial charge in [0.1, 0.15) is 0 Å². The van der Waals surface area contributed by atoms with Crippen LogP contribution in [0.1, 0.15) is 78.7 Å². The van der Waals surface area contributed by atoms with Gasteiger partial charge in [0.05, 0.1) is 44.5 Å². The summed E-state index contributed by atoms with van der Waals surface area (Å²) in [6.45, 7) is 8.93. The zero-order chi connectivity index (χ0) is 34.1. The van der Waals surface area contributed by atoms with Gasteiger partial charge in [0.15, 0.2) is 0 Å². The number of alkyl halides is 3. The molecule has 6 rings (SSSR count). The van der Waals surface area contributed by atoms with E-state index in [0.29, 0.717) is 28.7 Å². The molecule has 0 saturated heterocycles. The third kappa shape index (κ3) is 5.88. The molecule has 1 aliphatic heterocycles. The maximum atomic E-state index is 13.3. The lowest BCUT2D eigenvalue weighted by Gasteiger charge is -2.43. The van der Waals surface area contributed by atoms with Gasteiger partial charge in [0.25, 0.3) is 10.0 Å². The number of aliphatic imine (C=N–C) groups is 1. The Kier molecular flexibility index (Phi) is 7.54. The van der Waals surface area contributed by atoms with E-state index in [-0.39, 0.29) is 22.1 Å². The molecule has 0 atom stereocenters. The number of hydrogen-bond acceptors (Lipinski definition) is 5. The third-order valence-corrected chi connectivity index (χ3v) is 10.7. The monoisotopic (exact) mass is 661 g/mol. The normalized spacial score (nSPS) is 16.7. The first-order chi connectivity index (χ1) is 21.9. The van der Waals surface area contributed by atoms with Crippen LogP contribution in [0.15, 0.2) is 88.8 Å². The van der Waals surface area contributed by atoms with E-state index in [2.05, 4.69) is 44.5 Å². The number of benzene rings is 4. The summed E-state index contributed by atoms with van der Waals surface area (Å²) in [6, 6.07) is 19.2. The summed E-state index contributed by atoms with van der Waals surface area (Å²) in [5.74, 6) is -1.06. The number of aromatic carboxylic acids is 1. The number of halogens is 3. The Morgan fingerprint density at radius 3 is 2.13 bits per heavy atom. The molecule has 1 aliphatic carbocycles. The van der Waals surface area contributed by atoms with Gasteiger partial charge in [0.2, 0.25) is 0 Å². The number of anilines is 3. The molecule has 0 saturated carbocycles. The molecule has 0 bridgehead atoms. The van der Waals surface area contributed by atoms with Crippen molar-refractivity contribution < 1.29 is 31.5 Å². The number of sulfonamides is 1. The lowest BCUT2D eigenvalue weighted by molar-refractivity contribution is -0.137. The van der Waals surface area contributed by atoms with E-state index in [4.69, 9.17) is 4.99 Å². The first-order valence-corrected chi connectivity index (χ1v) is 16.6. The number of rotatable bonds is 5. The Bertz CT molecular complexity index is 2070. The second kappa shape index (κ2) is 11.0. The summed E-state index contributed by atoms with van der Waals surface area (Å²) in [4.78, 5) is 18.1. The first kappa shape index (κ1) is 32.3. The molecule has 2 aliphatic rings. The zero-order valence-corrected chi connectivity index (χ0v) is 27.3. The Hall–Kier alpha value is -4.64. The van der Waals surface area contributed by atoms with Crippen LogP contribution in [0.5, 0.6) is 0 Å². The van der Waals surface area contributed by atoms with Crippen molar-refractivity contribution in [3.05, 3.63) is 112 Å². The summed E-state index contributed by atoms with van der Waals surface area (Å²) in [5.41, 5.74) is 5.47. The maximum Gasteiger partial charge on any atom is 0.416 e. The van der Waals surface area contributed by atoms with Crippen molar-refractivity contribution in [3.8, 4) is 0 Å². The number of carboxylic acids is 1. The van der Waals surface area contributed by atoms with Gasteiger partial charge in [-0.2, -0.15) is 13.2 Å². The molecular weight excluding hydrogens is 627 g/mol. The molecule has 11 heteroatoms. The molecule has 2 N–H and O–H groups in total. The summed E-state index contributed by atoms with van der Waals surface area (Å²) in [7, 11) is -2.48. The first-order valence-electron chi connectivity index (χ1n) is 15.1. The number of fused-ring (bicyclic) bond motifs is 3. The Balaban J connectivity index is 1.52. The molecule has 0 fully saturated rings. The Morgan fingerprint density at radius 2 is 1.51 bits per heavy atom. The van der Waals surface area contributed by atoms with Gasteiger partial charge in [-0.25, -0.2) is 18.2 Å². The molecule has 0 unspecified atom stereocenters. The van der Waals surface area contributed by atoms with Crippen molar-refractivity contribution in [2.24, 2.45) is 4.99 Å². The van der Waals surface area contributed by atoms with E-state index in [0.717, 1.165) is 42.3 Å². The average Bonchev–Trinajstić information content (AvgIpc) is 3.12. The zero-order valence-electron chi connectivity index (χ0n) is 26.5. The highest BCUT2D eigenvalue weighted by Gasteiger charge is 2.39. The number of nitrogens with zero attached hydrogens (tertiary/aromatic N) is 2. The minimum Gasteiger partial charge on any atom is -0.478 e. The highest BCUT2D eigenvalue weighted by Crippen LogP contribution is 2.50. The highest BCUT2D eigenvalue weighted by molar-refractivity contribution is 7.92. The van der Waals surface area contributed by atoms with Crippen LogP contribution in [-0.4, -0.2) is 32.3 Å². The molecule has 244 valence electrons. The van der Waals surface area contributed by atoms with Crippen molar-refractivity contribution >= 4 is 44.5 Å². The summed E-state index contributed by atoms with van der Waals surface area (Å²) >= 11 is 0. The predicted molar refractivity (Wildman–Crippen MR) is 177 cm³/mol. The SMILES string of the molecule is CN1c2ccc(NS(=O)(=O)c3cccc(C(F)(F)F)c3)cc2N=C(c2ccc(C(=O)O)cc2)c2cc3c(cc21)C(C)(C)CCC3(C)C. The second-order valence-corrected chi connectivity index (χ2v) is 15.1. The van der Waals surface area contributed by atoms with Gasteiger partial charge >= 0.3 is 12.1 Å². The van der Waals surface area contributed by atoms with Gasteiger partial charge < -0.3 is 10.0 Å². The van der Waals surface area contributed by atoms with Crippen molar-refractivity contribution in [1.29, 1.82) is 0 Å². The van der Waals surface area contributed by atoms with E-state index < -0.39 is 32.6 Å². The van der Waals surface area contributed by atoms with Crippen LogP contribution in [0.2, 0.25) is 0 Å². The molecule has 0 radical (unpaired) electrons. The van der Waals surface area contributed by atoms with Crippen molar-refractivity contribution in [3.63, 3.8) is 0 Å². The number of carboxylic acid groups (broad SMARTS) is 1. The second-order valence-electron chi connectivity index (χ2n) is 13.4. The van der Waals surface area contributed by atoms with Crippen LogP contribution >= 0.6 is 0 Å². The minimum atomic E-state index is -4.70. The average molecular weight is 662 g/mol. The van der Waals surface area contributed by atoms with Crippen LogP contribution in [0, 0.1) is 0 Å². The van der Waals surface area contributed by atoms with E-state index in [1.165, 1.54) is 23.3 Å². The molecule has 4 aromatic rings. The van der Waals surface area contributed by atoms with Crippen LogP contribution in [-0.2, 0) is 27.0 Å². The van der Waals surface area contributed by atoms with E-state index in [1.807, 2.05) is 11.9 Å². The van der Waals surface area contributed by atoms with Crippen LogP contribution in [0.25, 0.3) is 0 Å². The fourth-order valence-corrected chi connectivity index (χ4v) is 7.48. The lowest BCUT2D eigenvalue weighted by atomic mass is 9.62. The van der Waals surface area contributed by atoms with Crippen molar-refractivity contribution in [1.82, 2.24) is 0 Å². The molecule has 0 spiro atoms. The standard InChI is InChI=1S/C36H34F3N3O4S/c1-34(2)15-16-35(3,4)28-20-31-26(19-27(28)34)32(21-9-11-22(12-10-21)33(43)44)40-29-18-24(13-14-30(29)42(31)5)41-47(45,46)25-8-6-7-23(17-25)36(37,38)39/h6-14,17-20,41H,15-16H2,1-5H3,(H,43,44). The van der Waals surface area contributed by atoms with Gasteiger partial charge in [-0.05, 0) is 95.5 Å². The Morgan fingerprint density at radius 1 is 0.872 bits per heavy atom. The fraction of sp³-hybridized carbons (Fsp3) is 0.278. The fourth-order valence-electron chi connectivity index (χ4n) is 6.38. The number of nitrogens with one attached hydrogen (secondary N) is 1. The predicted octanol–water partition coefficient (Wildman–Crippen LogP) is 8.80. The number of hydrogen-bond donors (Lipinski definition) is 2.